The first kappa shape index (κ1) is 22.9. The molecule has 1 fully saturated rings. The molecule has 0 bridgehead atoms. The van der Waals surface area contributed by atoms with Crippen LogP contribution in [0, 0.1) is 5.41 Å². The van der Waals surface area contributed by atoms with Crippen LogP contribution >= 0.6 is 0 Å². The molecule has 0 unspecified atom stereocenters. The highest BCUT2D eigenvalue weighted by Crippen LogP contribution is 2.31. The van der Waals surface area contributed by atoms with Crippen LogP contribution in [0.5, 0.6) is 5.75 Å². The third kappa shape index (κ3) is 4.47. The molecule has 7 heteroatoms. The fourth-order valence-electron chi connectivity index (χ4n) is 5.13. The predicted molar refractivity (Wildman–Crippen MR) is 140 cm³/mol. The molecular formula is C28H31N5O2. The van der Waals surface area contributed by atoms with Crippen molar-refractivity contribution in [3.05, 3.63) is 77.5 Å². The third-order valence-corrected chi connectivity index (χ3v) is 7.09. The monoisotopic (exact) mass is 469 g/mol. The molecular weight excluding hydrogens is 438 g/mol. The van der Waals surface area contributed by atoms with E-state index in [4.69, 9.17) is 21.6 Å². The molecule has 0 radical (unpaired) electrons. The molecule has 0 saturated heterocycles. The van der Waals surface area contributed by atoms with Crippen molar-refractivity contribution in [2.45, 2.75) is 44.3 Å². The Balaban J connectivity index is 1.62. The molecule has 6 N–H and O–H groups in total. The number of fused-ring (bicyclic) bond motifs is 2. The zero-order valence-electron chi connectivity index (χ0n) is 19.9. The molecule has 1 aliphatic carbocycles. The number of hydrogen-bond acceptors (Lipinski definition) is 4. The number of amidine groups is 1. The van der Waals surface area contributed by atoms with Crippen LogP contribution in [0.25, 0.3) is 21.7 Å². The Bertz CT molecular complexity index is 1420. The van der Waals surface area contributed by atoms with Gasteiger partial charge in [-0.3, -0.25) is 10.2 Å². The number of nitrogens with one attached hydrogen (secondary N) is 2. The third-order valence-electron chi connectivity index (χ3n) is 7.09. The molecule has 35 heavy (non-hydrogen) atoms. The lowest BCUT2D eigenvalue weighted by atomic mass is 9.92. The summed E-state index contributed by atoms with van der Waals surface area (Å²) < 4.78 is 7.74. The summed E-state index contributed by atoms with van der Waals surface area (Å²) in [5.41, 5.74) is 14.9. The van der Waals surface area contributed by atoms with Crippen LogP contribution in [-0.2, 0) is 6.54 Å². The Hall–Kier alpha value is -3.84. The fourth-order valence-corrected chi connectivity index (χ4v) is 5.13. The van der Waals surface area contributed by atoms with Crippen LogP contribution < -0.4 is 21.5 Å². The summed E-state index contributed by atoms with van der Waals surface area (Å²) in [7, 11) is 1.66. The first-order chi connectivity index (χ1) is 16.9. The van der Waals surface area contributed by atoms with Crippen molar-refractivity contribution in [2.24, 2.45) is 11.5 Å². The summed E-state index contributed by atoms with van der Waals surface area (Å²) in [5, 5.41) is 14.2. The standard InChI is InChI=1S/C28H31N5O2/c1-35-26-13-8-17-4-2-3-5-22(17)23(26)16-33-24-15-19(27(30)31)7-6-18(24)14-25(33)28(34)32-21-11-9-20(29)10-12-21/h2-8,13-15,20-21H,9-12,16,29H2,1H3,(H3,30,31)(H,32,34)/t20-,21-. The van der Waals surface area contributed by atoms with Crippen LogP contribution in [0.2, 0.25) is 0 Å². The predicted octanol–water partition coefficient (Wildman–Crippen LogP) is 4.14. The van der Waals surface area contributed by atoms with Crippen LogP contribution in [0.15, 0.2) is 60.7 Å². The Morgan fingerprint density at radius 2 is 1.80 bits per heavy atom. The zero-order valence-corrected chi connectivity index (χ0v) is 19.9. The van der Waals surface area contributed by atoms with Crippen molar-refractivity contribution in [3.8, 4) is 5.75 Å². The first-order valence-corrected chi connectivity index (χ1v) is 12.0. The lowest BCUT2D eigenvalue weighted by molar-refractivity contribution is 0.0917. The Kier molecular flexibility index (Phi) is 6.17. The molecule has 1 aromatic heterocycles. The second-order valence-electron chi connectivity index (χ2n) is 9.36. The second kappa shape index (κ2) is 9.43. The van der Waals surface area contributed by atoms with Gasteiger partial charge in [0.25, 0.3) is 5.91 Å². The maximum atomic E-state index is 13.6. The number of carbonyl (C=O) groups excluding carboxylic acids is 1. The number of amides is 1. The van der Waals surface area contributed by atoms with Crippen LogP contribution in [0.1, 0.15) is 47.3 Å². The number of nitrogen functional groups attached to an aromatic ring is 1. The highest BCUT2D eigenvalue weighted by Gasteiger charge is 2.24. The smallest absolute Gasteiger partial charge is 0.268 e. The van der Waals surface area contributed by atoms with Gasteiger partial charge in [-0.25, -0.2) is 0 Å². The summed E-state index contributed by atoms with van der Waals surface area (Å²) in [6.07, 6.45) is 3.61. The van der Waals surface area contributed by atoms with Crippen LogP contribution in [0.3, 0.4) is 0 Å². The van der Waals surface area contributed by atoms with Crippen molar-refractivity contribution < 1.29 is 9.53 Å². The highest BCUT2D eigenvalue weighted by molar-refractivity contribution is 6.02. The number of aromatic nitrogens is 1. The SMILES string of the molecule is COc1ccc2ccccc2c1Cn1c(C(=O)N[C@H]2CC[C@H](N)CC2)cc2ccc(C(=N)N)cc21. The number of nitrogens with two attached hydrogens (primary N) is 2. The van der Waals surface area contributed by atoms with Gasteiger partial charge in [0.15, 0.2) is 0 Å². The molecule has 0 aliphatic heterocycles. The lowest BCUT2D eigenvalue weighted by Crippen LogP contribution is -2.41. The largest absolute Gasteiger partial charge is 0.496 e. The number of carbonyl (C=O) groups is 1. The number of hydrogen-bond donors (Lipinski definition) is 4. The summed E-state index contributed by atoms with van der Waals surface area (Å²) >= 11 is 0. The first-order valence-electron chi connectivity index (χ1n) is 12.0. The van der Waals surface area contributed by atoms with Gasteiger partial charge in [0.2, 0.25) is 0 Å². The zero-order chi connectivity index (χ0) is 24.5. The van der Waals surface area contributed by atoms with E-state index in [0.29, 0.717) is 17.8 Å². The van der Waals surface area contributed by atoms with Crippen LogP contribution in [0.4, 0.5) is 0 Å². The minimum Gasteiger partial charge on any atom is -0.496 e. The van der Waals surface area contributed by atoms with Crippen molar-refractivity contribution in [1.82, 2.24) is 9.88 Å². The molecule has 0 spiro atoms. The maximum absolute atomic E-state index is 13.6. The Labute approximate surface area is 204 Å². The molecule has 0 atom stereocenters. The van der Waals surface area contributed by atoms with Crippen molar-refractivity contribution in [2.75, 3.05) is 7.11 Å². The van der Waals surface area contributed by atoms with Gasteiger partial charge in [0, 0.05) is 34.1 Å². The molecule has 1 heterocycles. The lowest BCUT2D eigenvalue weighted by Gasteiger charge is -2.27. The molecule has 1 aliphatic rings. The van der Waals surface area contributed by atoms with Gasteiger partial charge in [0.05, 0.1) is 13.7 Å². The molecule has 1 saturated carbocycles. The van der Waals surface area contributed by atoms with E-state index < -0.39 is 0 Å². The maximum Gasteiger partial charge on any atom is 0.268 e. The molecule has 1 amide bonds. The second-order valence-corrected chi connectivity index (χ2v) is 9.36. The molecule has 4 aromatic rings. The van der Waals surface area contributed by atoms with E-state index in [2.05, 4.69) is 17.4 Å². The van der Waals surface area contributed by atoms with Crippen molar-refractivity contribution in [3.63, 3.8) is 0 Å². The van der Waals surface area contributed by atoms with Gasteiger partial charge in [-0.2, -0.15) is 0 Å². The number of ether oxygens (including phenoxy) is 1. The fraction of sp³-hybridized carbons (Fsp3) is 0.286. The molecule has 7 nitrogen and oxygen atoms in total. The van der Waals surface area contributed by atoms with E-state index in [1.807, 2.05) is 53.1 Å². The van der Waals surface area contributed by atoms with Crippen molar-refractivity contribution in [1.29, 1.82) is 5.41 Å². The Morgan fingerprint density at radius 1 is 1.06 bits per heavy atom. The molecule has 3 aromatic carbocycles. The van der Waals surface area contributed by atoms with E-state index in [-0.39, 0.29) is 23.8 Å². The number of benzene rings is 3. The molecule has 180 valence electrons. The number of rotatable bonds is 6. The van der Waals surface area contributed by atoms with Gasteiger partial charge in [-0.05, 0) is 54.7 Å². The average molecular weight is 470 g/mol. The van der Waals surface area contributed by atoms with Crippen molar-refractivity contribution >= 4 is 33.4 Å². The Morgan fingerprint density at radius 3 is 2.54 bits per heavy atom. The summed E-state index contributed by atoms with van der Waals surface area (Å²) in [4.78, 5) is 13.6. The number of methoxy groups -OCH3 is 1. The quantitative estimate of drug-likeness (QED) is 0.251. The average Bonchev–Trinajstić information content (AvgIpc) is 3.23. The van der Waals surface area contributed by atoms with Gasteiger partial charge >= 0.3 is 0 Å². The minimum atomic E-state index is -0.106. The van der Waals surface area contributed by atoms with E-state index in [1.54, 1.807) is 7.11 Å². The van der Waals surface area contributed by atoms with E-state index in [1.165, 1.54) is 0 Å². The summed E-state index contributed by atoms with van der Waals surface area (Å²) in [6.45, 7) is 0.438. The summed E-state index contributed by atoms with van der Waals surface area (Å²) in [5.74, 6) is 0.651. The topological polar surface area (TPSA) is 119 Å². The van der Waals surface area contributed by atoms with E-state index in [9.17, 15) is 4.79 Å². The van der Waals surface area contributed by atoms with Gasteiger partial charge < -0.3 is 26.1 Å². The van der Waals surface area contributed by atoms with E-state index in [0.717, 1.165) is 58.7 Å². The van der Waals surface area contributed by atoms with E-state index >= 15 is 0 Å². The minimum absolute atomic E-state index is 0.00747. The summed E-state index contributed by atoms with van der Waals surface area (Å²) in [6, 6.07) is 20.0. The molecule has 5 rings (SSSR count). The number of nitrogens with zero attached hydrogens (tertiary/aromatic N) is 1. The van der Waals surface area contributed by atoms with Gasteiger partial charge in [-0.15, -0.1) is 0 Å². The van der Waals surface area contributed by atoms with Gasteiger partial charge in [0.1, 0.15) is 17.3 Å². The van der Waals surface area contributed by atoms with Crippen LogP contribution in [-0.4, -0.2) is 35.5 Å². The highest BCUT2D eigenvalue weighted by atomic mass is 16.5. The van der Waals surface area contributed by atoms with Gasteiger partial charge in [-0.1, -0.05) is 42.5 Å². The normalized spacial score (nSPS) is 18.0.